The molecule has 6 heteroatoms. The van der Waals surface area contributed by atoms with Crippen molar-refractivity contribution in [3.8, 4) is 0 Å². The maximum absolute atomic E-state index is 12.6. The molecule has 0 bridgehead atoms. The Morgan fingerprint density at radius 1 is 1.30 bits per heavy atom. The molecule has 0 aromatic heterocycles. The lowest BCUT2D eigenvalue weighted by molar-refractivity contribution is -0.138. The van der Waals surface area contributed by atoms with E-state index in [1.165, 1.54) is 26.4 Å². The Morgan fingerprint density at radius 3 is 2.61 bits per heavy atom. The molecule has 0 unspecified atom stereocenters. The van der Waals surface area contributed by atoms with Crippen LogP contribution in [0.5, 0.6) is 0 Å². The molecule has 0 saturated heterocycles. The van der Waals surface area contributed by atoms with Crippen molar-refractivity contribution in [2.75, 3.05) is 26.0 Å². The van der Waals surface area contributed by atoms with Crippen LogP contribution in [0.1, 0.15) is 42.5 Å². The van der Waals surface area contributed by atoms with E-state index in [9.17, 15) is 9.59 Å². The molecule has 0 atom stereocenters. The molecule has 1 fully saturated rings. The zero-order valence-corrected chi connectivity index (χ0v) is 14.4. The molecule has 1 aliphatic rings. The first-order valence-electron chi connectivity index (χ1n) is 7.90. The lowest BCUT2D eigenvalue weighted by Crippen LogP contribution is -2.38. The van der Waals surface area contributed by atoms with Crippen LogP contribution in [-0.4, -0.2) is 43.5 Å². The smallest absolute Gasteiger partial charge is 0.325 e. The molecule has 0 aliphatic heterocycles. The fourth-order valence-electron chi connectivity index (χ4n) is 2.87. The van der Waals surface area contributed by atoms with Gasteiger partial charge in [-0.1, -0.05) is 30.9 Å². The topological polar surface area (TPSA) is 58.6 Å². The monoisotopic (exact) mass is 338 g/mol. The highest BCUT2D eigenvalue weighted by Crippen LogP contribution is 2.26. The number of carbonyl (C=O) groups is 2. The van der Waals surface area contributed by atoms with Crippen molar-refractivity contribution in [3.63, 3.8) is 0 Å². The molecular formula is C17H23ClN2O3. The fourth-order valence-corrected chi connectivity index (χ4v) is 3.13. The van der Waals surface area contributed by atoms with E-state index in [1.807, 2.05) is 11.9 Å². The molecule has 5 nitrogen and oxygen atoms in total. The molecule has 0 radical (unpaired) electrons. The number of amides is 1. The van der Waals surface area contributed by atoms with Crippen LogP contribution in [0.25, 0.3) is 0 Å². The summed E-state index contributed by atoms with van der Waals surface area (Å²) in [5, 5.41) is 3.29. The minimum Gasteiger partial charge on any atom is -0.468 e. The van der Waals surface area contributed by atoms with Crippen molar-refractivity contribution in [2.24, 2.45) is 0 Å². The number of esters is 1. The first-order valence-corrected chi connectivity index (χ1v) is 8.28. The quantitative estimate of drug-likeness (QED) is 0.837. The molecule has 2 rings (SSSR count). The minimum absolute atomic E-state index is 0.0542. The van der Waals surface area contributed by atoms with Crippen molar-refractivity contribution < 1.29 is 14.3 Å². The van der Waals surface area contributed by atoms with Crippen LogP contribution in [-0.2, 0) is 9.53 Å². The van der Waals surface area contributed by atoms with Gasteiger partial charge in [0.1, 0.15) is 6.54 Å². The Balaban J connectivity index is 2.04. The van der Waals surface area contributed by atoms with Gasteiger partial charge in [-0.05, 0) is 31.0 Å². The summed E-state index contributed by atoms with van der Waals surface area (Å²) in [6.07, 6.45) is 5.70. The van der Waals surface area contributed by atoms with Crippen molar-refractivity contribution >= 4 is 29.2 Å². The summed E-state index contributed by atoms with van der Waals surface area (Å²) < 4.78 is 4.57. The van der Waals surface area contributed by atoms with Gasteiger partial charge in [-0.3, -0.25) is 9.59 Å². The number of anilines is 1. The van der Waals surface area contributed by atoms with Crippen molar-refractivity contribution in [2.45, 2.75) is 38.1 Å². The van der Waals surface area contributed by atoms with Gasteiger partial charge in [0.05, 0.1) is 17.7 Å². The standard InChI is InChI=1S/C17H23ClN2O3/c1-20(13-6-4-3-5-7-13)17(22)14-9-8-12(10-15(14)18)19-11-16(21)23-2/h8-10,13,19H,3-7,11H2,1-2H3. The summed E-state index contributed by atoms with van der Waals surface area (Å²) in [7, 11) is 3.18. The van der Waals surface area contributed by atoms with E-state index >= 15 is 0 Å². The highest BCUT2D eigenvalue weighted by Gasteiger charge is 2.24. The van der Waals surface area contributed by atoms with Crippen LogP contribution in [0.3, 0.4) is 0 Å². The van der Waals surface area contributed by atoms with E-state index in [1.54, 1.807) is 18.2 Å². The van der Waals surface area contributed by atoms with Crippen LogP contribution in [0, 0.1) is 0 Å². The van der Waals surface area contributed by atoms with E-state index in [0.717, 1.165) is 12.8 Å². The average molecular weight is 339 g/mol. The molecule has 126 valence electrons. The van der Waals surface area contributed by atoms with Gasteiger partial charge >= 0.3 is 5.97 Å². The molecule has 0 spiro atoms. The van der Waals surface area contributed by atoms with Gasteiger partial charge in [0.15, 0.2) is 0 Å². The Labute approximate surface area is 141 Å². The molecule has 23 heavy (non-hydrogen) atoms. The van der Waals surface area contributed by atoms with Gasteiger partial charge in [-0.15, -0.1) is 0 Å². The molecule has 1 N–H and O–H groups in total. The number of nitrogens with one attached hydrogen (secondary N) is 1. The normalized spacial score (nSPS) is 15.1. The van der Waals surface area contributed by atoms with E-state index in [2.05, 4.69) is 10.1 Å². The van der Waals surface area contributed by atoms with E-state index in [-0.39, 0.29) is 18.4 Å². The van der Waals surface area contributed by atoms with Gasteiger partial charge in [0.25, 0.3) is 5.91 Å². The van der Waals surface area contributed by atoms with Gasteiger partial charge in [-0.2, -0.15) is 0 Å². The van der Waals surface area contributed by atoms with Crippen LogP contribution in [0.15, 0.2) is 18.2 Å². The number of hydrogen-bond acceptors (Lipinski definition) is 4. The number of carbonyl (C=O) groups excluding carboxylic acids is 2. The van der Waals surface area contributed by atoms with Crippen molar-refractivity contribution in [1.82, 2.24) is 4.90 Å². The largest absolute Gasteiger partial charge is 0.468 e. The van der Waals surface area contributed by atoms with Crippen molar-refractivity contribution in [1.29, 1.82) is 0 Å². The number of hydrogen-bond donors (Lipinski definition) is 1. The lowest BCUT2D eigenvalue weighted by atomic mass is 9.94. The third-order valence-electron chi connectivity index (χ3n) is 4.31. The molecule has 1 saturated carbocycles. The first kappa shape index (κ1) is 17.6. The third kappa shape index (κ3) is 4.61. The summed E-state index contributed by atoms with van der Waals surface area (Å²) in [5.41, 5.74) is 1.17. The van der Waals surface area contributed by atoms with Gasteiger partial charge in [0, 0.05) is 18.8 Å². The minimum atomic E-state index is -0.363. The zero-order chi connectivity index (χ0) is 16.8. The number of methoxy groups -OCH3 is 1. The summed E-state index contributed by atoms with van der Waals surface area (Å²) in [5.74, 6) is -0.417. The highest BCUT2D eigenvalue weighted by molar-refractivity contribution is 6.34. The Morgan fingerprint density at radius 2 is 2.00 bits per heavy atom. The number of ether oxygens (including phenoxy) is 1. The maximum atomic E-state index is 12.6. The van der Waals surface area contributed by atoms with E-state index in [4.69, 9.17) is 11.6 Å². The Hall–Kier alpha value is -1.75. The molecule has 1 aromatic carbocycles. The van der Waals surface area contributed by atoms with Crippen LogP contribution < -0.4 is 5.32 Å². The zero-order valence-electron chi connectivity index (χ0n) is 13.6. The second kappa shape index (κ2) is 8.20. The third-order valence-corrected chi connectivity index (χ3v) is 4.62. The predicted octanol–water partition coefficient (Wildman–Crippen LogP) is 3.33. The van der Waals surface area contributed by atoms with Crippen LogP contribution >= 0.6 is 11.6 Å². The van der Waals surface area contributed by atoms with Gasteiger partial charge in [0.2, 0.25) is 0 Å². The SMILES string of the molecule is COC(=O)CNc1ccc(C(=O)N(C)C2CCCCC2)c(Cl)c1. The summed E-state index contributed by atoms with van der Waals surface area (Å²) >= 11 is 6.25. The first-order chi connectivity index (χ1) is 11.0. The molecular weight excluding hydrogens is 316 g/mol. The van der Waals surface area contributed by atoms with Gasteiger partial charge in [-0.25, -0.2) is 0 Å². The van der Waals surface area contributed by atoms with Gasteiger partial charge < -0.3 is 15.0 Å². The van der Waals surface area contributed by atoms with Crippen LogP contribution in [0.4, 0.5) is 5.69 Å². The van der Waals surface area contributed by atoms with Crippen LogP contribution in [0.2, 0.25) is 5.02 Å². The van der Waals surface area contributed by atoms with Crippen molar-refractivity contribution in [3.05, 3.63) is 28.8 Å². The average Bonchev–Trinajstić information content (AvgIpc) is 2.59. The highest BCUT2D eigenvalue weighted by atomic mass is 35.5. The number of halogens is 1. The number of rotatable bonds is 5. The number of benzene rings is 1. The molecule has 1 aromatic rings. The Kier molecular flexibility index (Phi) is 6.28. The number of nitrogens with zero attached hydrogens (tertiary/aromatic N) is 1. The lowest BCUT2D eigenvalue weighted by Gasteiger charge is -2.31. The summed E-state index contributed by atoms with van der Waals surface area (Å²) in [4.78, 5) is 25.6. The molecule has 1 aliphatic carbocycles. The predicted molar refractivity (Wildman–Crippen MR) is 90.9 cm³/mol. The maximum Gasteiger partial charge on any atom is 0.325 e. The molecule has 1 amide bonds. The summed E-state index contributed by atoms with van der Waals surface area (Å²) in [6.45, 7) is 0.0576. The summed E-state index contributed by atoms with van der Waals surface area (Å²) in [6, 6.07) is 5.40. The van der Waals surface area contributed by atoms with E-state index in [0.29, 0.717) is 22.3 Å². The fraction of sp³-hybridized carbons (Fsp3) is 0.529. The van der Waals surface area contributed by atoms with E-state index < -0.39 is 0 Å². The Bertz CT molecular complexity index is 571. The molecule has 0 heterocycles. The second-order valence-corrected chi connectivity index (χ2v) is 6.24. The second-order valence-electron chi connectivity index (χ2n) is 5.83.